The van der Waals surface area contributed by atoms with Crippen LogP contribution in [0.5, 0.6) is 11.5 Å². The molecule has 70 valence electrons. The van der Waals surface area contributed by atoms with Gasteiger partial charge in [0.05, 0.1) is 0 Å². The normalized spacial score (nSPS) is 9.69. The summed E-state index contributed by atoms with van der Waals surface area (Å²) >= 11 is 0. The lowest BCUT2D eigenvalue weighted by atomic mass is 10.2. The van der Waals surface area contributed by atoms with E-state index in [9.17, 15) is 15.0 Å². The predicted octanol–water partition coefficient (Wildman–Crippen LogP) is 1.36. The number of nitrogens with one attached hydrogen (secondary N) is 1. The average molecular weight is 181 g/mol. The van der Waals surface area contributed by atoms with E-state index in [0.29, 0.717) is 11.3 Å². The van der Waals surface area contributed by atoms with Gasteiger partial charge in [-0.05, 0) is 6.92 Å². The van der Waals surface area contributed by atoms with Gasteiger partial charge in [-0.3, -0.25) is 4.79 Å². The molecule has 4 nitrogen and oxygen atoms in total. The summed E-state index contributed by atoms with van der Waals surface area (Å²) in [7, 11) is 0. The van der Waals surface area contributed by atoms with E-state index in [2.05, 4.69) is 5.32 Å². The van der Waals surface area contributed by atoms with Gasteiger partial charge in [-0.25, -0.2) is 0 Å². The molecule has 0 saturated heterocycles. The Morgan fingerprint density at radius 2 is 1.77 bits per heavy atom. The van der Waals surface area contributed by atoms with Gasteiger partial charge in [0.1, 0.15) is 11.5 Å². The number of carbonyl (C=O) groups excluding carboxylic acids is 1. The Balaban J connectivity index is 3.06. The molecule has 0 fully saturated rings. The Morgan fingerprint density at radius 3 is 2.15 bits per heavy atom. The summed E-state index contributed by atoms with van der Waals surface area (Å²) in [5.74, 6) is -0.324. The van der Waals surface area contributed by atoms with Crippen LogP contribution >= 0.6 is 0 Å². The molecule has 4 heteroatoms. The summed E-state index contributed by atoms with van der Waals surface area (Å²) in [6.07, 6.45) is 0. The minimum atomic E-state index is -0.248. The van der Waals surface area contributed by atoms with Gasteiger partial charge < -0.3 is 15.5 Å². The summed E-state index contributed by atoms with van der Waals surface area (Å²) in [6.45, 7) is 2.94. The Kier molecular flexibility index (Phi) is 2.41. The van der Waals surface area contributed by atoms with Crippen LogP contribution < -0.4 is 5.32 Å². The fourth-order valence-electron chi connectivity index (χ4n) is 0.959. The lowest BCUT2D eigenvalue weighted by Crippen LogP contribution is -2.05. The Labute approximate surface area is 75.8 Å². The SMILES string of the molecule is CC(=O)Nc1cc(O)c(C)c(O)c1. The van der Waals surface area contributed by atoms with Crippen LogP contribution in [-0.4, -0.2) is 16.1 Å². The Morgan fingerprint density at radius 1 is 1.31 bits per heavy atom. The first-order valence-corrected chi connectivity index (χ1v) is 3.81. The zero-order chi connectivity index (χ0) is 10.0. The molecule has 0 aliphatic rings. The van der Waals surface area contributed by atoms with Gasteiger partial charge in [0.15, 0.2) is 0 Å². The number of hydrogen-bond acceptors (Lipinski definition) is 3. The number of anilines is 1. The van der Waals surface area contributed by atoms with Crippen LogP contribution in [0.15, 0.2) is 12.1 Å². The molecule has 0 saturated carbocycles. The highest BCUT2D eigenvalue weighted by Gasteiger charge is 2.05. The molecule has 3 N–H and O–H groups in total. The highest BCUT2D eigenvalue weighted by atomic mass is 16.3. The second-order valence-corrected chi connectivity index (χ2v) is 2.82. The zero-order valence-electron chi connectivity index (χ0n) is 7.46. The van der Waals surface area contributed by atoms with Gasteiger partial charge in [0.25, 0.3) is 0 Å². The number of aromatic hydroxyl groups is 2. The lowest BCUT2D eigenvalue weighted by Gasteiger charge is -2.06. The van der Waals surface area contributed by atoms with Gasteiger partial charge in [0.2, 0.25) is 5.91 Å². The van der Waals surface area contributed by atoms with E-state index >= 15 is 0 Å². The van der Waals surface area contributed by atoms with Gasteiger partial charge >= 0.3 is 0 Å². The van der Waals surface area contributed by atoms with Crippen molar-refractivity contribution in [3.63, 3.8) is 0 Å². The first-order valence-electron chi connectivity index (χ1n) is 3.81. The van der Waals surface area contributed by atoms with Crippen LogP contribution in [0.1, 0.15) is 12.5 Å². The van der Waals surface area contributed by atoms with Crippen LogP contribution in [0.2, 0.25) is 0 Å². The highest BCUT2D eigenvalue weighted by molar-refractivity contribution is 5.89. The zero-order valence-corrected chi connectivity index (χ0v) is 7.46. The van der Waals surface area contributed by atoms with Gasteiger partial charge in [0, 0.05) is 30.3 Å². The van der Waals surface area contributed by atoms with Gasteiger partial charge in [-0.1, -0.05) is 0 Å². The second kappa shape index (κ2) is 3.35. The van der Waals surface area contributed by atoms with Crippen LogP contribution in [0.4, 0.5) is 5.69 Å². The second-order valence-electron chi connectivity index (χ2n) is 2.82. The maximum absolute atomic E-state index is 10.6. The van der Waals surface area contributed by atoms with E-state index < -0.39 is 0 Å². The van der Waals surface area contributed by atoms with E-state index in [0.717, 1.165) is 0 Å². The third kappa shape index (κ3) is 2.11. The van der Waals surface area contributed by atoms with Crippen molar-refractivity contribution in [2.24, 2.45) is 0 Å². The van der Waals surface area contributed by atoms with Crippen molar-refractivity contribution in [2.75, 3.05) is 5.32 Å². The summed E-state index contributed by atoms with van der Waals surface area (Å²) in [5.41, 5.74) is 0.780. The summed E-state index contributed by atoms with van der Waals surface area (Å²) in [6, 6.07) is 2.77. The molecule has 0 unspecified atom stereocenters. The van der Waals surface area contributed by atoms with E-state index in [4.69, 9.17) is 0 Å². The third-order valence-electron chi connectivity index (χ3n) is 1.67. The Hall–Kier alpha value is -1.71. The highest BCUT2D eigenvalue weighted by Crippen LogP contribution is 2.29. The molecule has 0 heterocycles. The van der Waals surface area contributed by atoms with Crippen molar-refractivity contribution in [2.45, 2.75) is 13.8 Å². The molecule has 1 aromatic carbocycles. The maximum Gasteiger partial charge on any atom is 0.221 e. The van der Waals surface area contributed by atoms with Crippen molar-refractivity contribution in [1.82, 2.24) is 0 Å². The summed E-state index contributed by atoms with van der Waals surface area (Å²) in [4.78, 5) is 10.6. The summed E-state index contributed by atoms with van der Waals surface area (Å²) < 4.78 is 0. The number of carbonyl (C=O) groups is 1. The number of rotatable bonds is 1. The van der Waals surface area contributed by atoms with Crippen molar-refractivity contribution >= 4 is 11.6 Å². The third-order valence-corrected chi connectivity index (χ3v) is 1.67. The number of amides is 1. The van der Waals surface area contributed by atoms with Crippen LogP contribution in [0.3, 0.4) is 0 Å². The first-order chi connectivity index (χ1) is 6.00. The van der Waals surface area contributed by atoms with Gasteiger partial charge in [-0.15, -0.1) is 0 Å². The maximum atomic E-state index is 10.6. The smallest absolute Gasteiger partial charge is 0.221 e. The van der Waals surface area contributed by atoms with E-state index in [-0.39, 0.29) is 17.4 Å². The minimum Gasteiger partial charge on any atom is -0.507 e. The van der Waals surface area contributed by atoms with E-state index in [1.165, 1.54) is 19.1 Å². The number of phenols is 2. The fraction of sp³-hybridized carbons (Fsp3) is 0.222. The molecule has 1 rings (SSSR count). The number of benzene rings is 1. The predicted molar refractivity (Wildman–Crippen MR) is 48.8 cm³/mol. The molecule has 0 aliphatic carbocycles. The molecule has 1 aromatic rings. The molecule has 0 spiro atoms. The van der Waals surface area contributed by atoms with E-state index in [1.807, 2.05) is 0 Å². The minimum absolute atomic E-state index is 0.0382. The Bertz CT molecular complexity index is 324. The van der Waals surface area contributed by atoms with Crippen molar-refractivity contribution < 1.29 is 15.0 Å². The number of phenolic OH excluding ortho intramolecular Hbond substituents is 2. The molecular formula is C9H11NO3. The van der Waals surface area contributed by atoms with Crippen molar-refractivity contribution in [3.8, 4) is 11.5 Å². The molecule has 0 aromatic heterocycles. The van der Waals surface area contributed by atoms with Crippen LogP contribution in [0.25, 0.3) is 0 Å². The molecule has 0 bridgehead atoms. The first kappa shape index (κ1) is 9.38. The largest absolute Gasteiger partial charge is 0.507 e. The van der Waals surface area contributed by atoms with Crippen molar-refractivity contribution in [3.05, 3.63) is 17.7 Å². The standard InChI is InChI=1S/C9H11NO3/c1-5-8(12)3-7(4-9(5)13)10-6(2)11/h3-4,12-13H,1-2H3,(H,10,11). The topological polar surface area (TPSA) is 69.6 Å². The van der Waals surface area contributed by atoms with Crippen LogP contribution in [0, 0.1) is 6.92 Å². The molecule has 0 atom stereocenters. The number of hydrogen-bond donors (Lipinski definition) is 3. The molecule has 0 aliphatic heterocycles. The monoisotopic (exact) mass is 181 g/mol. The molecule has 1 amide bonds. The fourth-order valence-corrected chi connectivity index (χ4v) is 0.959. The quantitative estimate of drug-likeness (QED) is 0.612. The van der Waals surface area contributed by atoms with Crippen LogP contribution in [-0.2, 0) is 4.79 Å². The van der Waals surface area contributed by atoms with Gasteiger partial charge in [-0.2, -0.15) is 0 Å². The average Bonchev–Trinajstić information content (AvgIpc) is 1.98. The van der Waals surface area contributed by atoms with E-state index in [1.54, 1.807) is 6.92 Å². The van der Waals surface area contributed by atoms with Crippen molar-refractivity contribution in [1.29, 1.82) is 0 Å². The molecule has 0 radical (unpaired) electrons. The molecular weight excluding hydrogens is 170 g/mol. The lowest BCUT2D eigenvalue weighted by molar-refractivity contribution is -0.114. The molecule has 13 heavy (non-hydrogen) atoms. The summed E-state index contributed by atoms with van der Waals surface area (Å²) in [5, 5.41) is 21.0.